The molecule has 0 atom stereocenters. The third-order valence-electron chi connectivity index (χ3n) is 5.32. The summed E-state index contributed by atoms with van der Waals surface area (Å²) in [5, 5.41) is 10.4. The highest BCUT2D eigenvalue weighted by atomic mass is 16.4. The van der Waals surface area contributed by atoms with Gasteiger partial charge in [0.1, 0.15) is 0 Å². The number of carboxylic acids is 1. The highest BCUT2D eigenvalue weighted by Crippen LogP contribution is 2.47. The lowest BCUT2D eigenvalue weighted by Crippen LogP contribution is -2.39. The molecule has 23 heavy (non-hydrogen) atoms. The molecule has 0 bridgehead atoms. The van der Waals surface area contributed by atoms with E-state index in [1.54, 1.807) is 6.20 Å². The van der Waals surface area contributed by atoms with Crippen LogP contribution in [-0.4, -0.2) is 45.6 Å². The third-order valence-corrected chi connectivity index (χ3v) is 5.32. The van der Waals surface area contributed by atoms with E-state index in [-0.39, 0.29) is 0 Å². The largest absolute Gasteiger partial charge is 0.481 e. The van der Waals surface area contributed by atoms with Gasteiger partial charge in [-0.2, -0.15) is 0 Å². The van der Waals surface area contributed by atoms with Gasteiger partial charge in [-0.3, -0.25) is 4.79 Å². The normalized spacial score (nSPS) is 21.4. The maximum atomic E-state index is 11.3. The van der Waals surface area contributed by atoms with Gasteiger partial charge in [0, 0.05) is 29.7 Å². The van der Waals surface area contributed by atoms with Crippen molar-refractivity contribution in [2.24, 2.45) is 5.41 Å². The number of rotatable bonds is 4. The number of aromatic nitrogens is 2. The highest BCUT2D eigenvalue weighted by molar-refractivity contribution is 5.78. The van der Waals surface area contributed by atoms with Crippen LogP contribution in [0.3, 0.4) is 0 Å². The van der Waals surface area contributed by atoms with Gasteiger partial charge in [0.15, 0.2) is 5.65 Å². The summed E-state index contributed by atoms with van der Waals surface area (Å²) < 4.78 is 0. The molecule has 2 aromatic rings. The van der Waals surface area contributed by atoms with Crippen molar-refractivity contribution in [1.29, 1.82) is 0 Å². The molecule has 2 aromatic heterocycles. The van der Waals surface area contributed by atoms with E-state index in [0.717, 1.165) is 55.5 Å². The first kappa shape index (κ1) is 14.6. The number of hydrogen-bond acceptors (Lipinski definition) is 4. The van der Waals surface area contributed by atoms with Gasteiger partial charge in [-0.25, -0.2) is 9.97 Å². The van der Waals surface area contributed by atoms with E-state index >= 15 is 0 Å². The summed E-state index contributed by atoms with van der Waals surface area (Å²) in [6, 6.07) is 8.17. The lowest BCUT2D eigenvalue weighted by molar-refractivity contribution is -0.144. The zero-order chi connectivity index (χ0) is 15.9. The molecule has 2 fully saturated rings. The molecule has 0 spiro atoms. The second-order valence-electron chi connectivity index (χ2n) is 6.92. The molecule has 0 aromatic carbocycles. The van der Waals surface area contributed by atoms with Crippen LogP contribution >= 0.6 is 0 Å². The van der Waals surface area contributed by atoms with Crippen molar-refractivity contribution in [3.63, 3.8) is 0 Å². The topological polar surface area (TPSA) is 66.3 Å². The van der Waals surface area contributed by atoms with Crippen molar-refractivity contribution in [2.45, 2.75) is 31.6 Å². The van der Waals surface area contributed by atoms with Crippen molar-refractivity contribution in [3.05, 3.63) is 36.2 Å². The summed E-state index contributed by atoms with van der Waals surface area (Å²) in [7, 11) is 0. The molecule has 1 aliphatic heterocycles. The maximum absolute atomic E-state index is 11.3. The Labute approximate surface area is 135 Å². The monoisotopic (exact) mass is 311 g/mol. The Kier molecular flexibility index (Phi) is 3.53. The number of aliphatic carboxylic acids is 1. The van der Waals surface area contributed by atoms with E-state index in [2.05, 4.69) is 22.0 Å². The predicted molar refractivity (Wildman–Crippen MR) is 87.3 cm³/mol. The Morgan fingerprint density at radius 2 is 2.04 bits per heavy atom. The molecule has 0 radical (unpaired) electrons. The number of piperidine rings is 1. The average Bonchev–Trinajstić information content (AvgIpc) is 3.36. The first-order valence-electron chi connectivity index (χ1n) is 8.34. The van der Waals surface area contributed by atoms with Crippen molar-refractivity contribution >= 4 is 17.0 Å². The molecular formula is C18H21N3O2. The number of carbonyl (C=O) groups is 1. The van der Waals surface area contributed by atoms with E-state index < -0.39 is 11.4 Å². The Balaban J connectivity index is 1.41. The van der Waals surface area contributed by atoms with E-state index in [0.29, 0.717) is 12.5 Å². The fourth-order valence-electron chi connectivity index (χ4n) is 3.60. The van der Waals surface area contributed by atoms with Crippen molar-refractivity contribution in [1.82, 2.24) is 14.9 Å². The number of likely N-dealkylation sites (tertiary alicyclic amines) is 1. The minimum atomic E-state index is -0.623. The summed E-state index contributed by atoms with van der Waals surface area (Å²) in [6.07, 6.45) is 5.53. The van der Waals surface area contributed by atoms with E-state index in [1.807, 2.05) is 12.1 Å². The Morgan fingerprint density at radius 3 is 2.74 bits per heavy atom. The lowest BCUT2D eigenvalue weighted by Gasteiger charge is -2.33. The third kappa shape index (κ3) is 2.81. The summed E-state index contributed by atoms with van der Waals surface area (Å²) in [6.45, 7) is 2.63. The number of hydrogen-bond donors (Lipinski definition) is 1. The van der Waals surface area contributed by atoms with Crippen LogP contribution in [0.1, 0.15) is 37.3 Å². The van der Waals surface area contributed by atoms with Gasteiger partial charge in [0.05, 0.1) is 5.41 Å². The minimum Gasteiger partial charge on any atom is -0.481 e. The van der Waals surface area contributed by atoms with Gasteiger partial charge < -0.3 is 10.0 Å². The second kappa shape index (κ2) is 5.57. The van der Waals surface area contributed by atoms with Gasteiger partial charge in [0.25, 0.3) is 0 Å². The summed E-state index contributed by atoms with van der Waals surface area (Å²) in [5.41, 5.74) is 1.49. The van der Waals surface area contributed by atoms with Crippen LogP contribution < -0.4 is 0 Å². The minimum absolute atomic E-state index is 0.446. The van der Waals surface area contributed by atoms with Crippen molar-refractivity contribution < 1.29 is 9.90 Å². The zero-order valence-corrected chi connectivity index (χ0v) is 13.1. The van der Waals surface area contributed by atoms with Gasteiger partial charge in [0.2, 0.25) is 0 Å². The number of fused-ring (bicyclic) bond motifs is 1. The number of nitrogens with zero attached hydrogens (tertiary/aromatic N) is 3. The Hall–Kier alpha value is -2.01. The van der Waals surface area contributed by atoms with Crippen LogP contribution in [0.15, 0.2) is 30.5 Å². The summed E-state index contributed by atoms with van der Waals surface area (Å²) >= 11 is 0. The SMILES string of the molecule is O=C(O)C1(CN2CCC(c3ccc4cccnc4n3)CC2)CC1. The molecule has 1 saturated heterocycles. The van der Waals surface area contributed by atoms with Gasteiger partial charge in [-0.15, -0.1) is 0 Å². The summed E-state index contributed by atoms with van der Waals surface area (Å²) in [5.74, 6) is -0.167. The first-order chi connectivity index (χ1) is 11.2. The first-order valence-corrected chi connectivity index (χ1v) is 8.34. The molecule has 0 unspecified atom stereocenters. The molecule has 5 nitrogen and oxygen atoms in total. The molecule has 1 aliphatic carbocycles. The quantitative estimate of drug-likeness (QED) is 0.940. The van der Waals surface area contributed by atoms with Crippen LogP contribution in [0.4, 0.5) is 0 Å². The van der Waals surface area contributed by atoms with E-state index in [9.17, 15) is 9.90 Å². The fourth-order valence-corrected chi connectivity index (χ4v) is 3.60. The molecule has 2 aliphatic rings. The van der Waals surface area contributed by atoms with Crippen molar-refractivity contribution in [2.75, 3.05) is 19.6 Å². The van der Waals surface area contributed by atoms with Crippen LogP contribution in [0, 0.1) is 5.41 Å². The molecule has 5 heteroatoms. The van der Waals surface area contributed by atoms with Crippen LogP contribution in [0.5, 0.6) is 0 Å². The molecule has 1 N–H and O–H groups in total. The maximum Gasteiger partial charge on any atom is 0.310 e. The molecular weight excluding hydrogens is 290 g/mol. The average molecular weight is 311 g/mol. The van der Waals surface area contributed by atoms with Gasteiger partial charge in [-0.05, 0) is 63.0 Å². The van der Waals surface area contributed by atoms with Crippen LogP contribution in [-0.2, 0) is 4.79 Å². The number of pyridine rings is 2. The van der Waals surface area contributed by atoms with Gasteiger partial charge >= 0.3 is 5.97 Å². The fraction of sp³-hybridized carbons (Fsp3) is 0.500. The molecule has 3 heterocycles. The van der Waals surface area contributed by atoms with Crippen LogP contribution in [0.2, 0.25) is 0 Å². The molecule has 0 amide bonds. The predicted octanol–water partition coefficient (Wildman–Crippen LogP) is 2.67. The lowest BCUT2D eigenvalue weighted by atomic mass is 9.92. The highest BCUT2D eigenvalue weighted by Gasteiger charge is 2.51. The Morgan fingerprint density at radius 1 is 1.26 bits per heavy atom. The Bertz CT molecular complexity index is 734. The smallest absolute Gasteiger partial charge is 0.310 e. The second-order valence-corrected chi connectivity index (χ2v) is 6.92. The number of carboxylic acid groups (broad SMARTS) is 1. The van der Waals surface area contributed by atoms with Crippen molar-refractivity contribution in [3.8, 4) is 0 Å². The van der Waals surface area contributed by atoms with E-state index in [1.165, 1.54) is 0 Å². The standard InChI is InChI=1S/C18H21N3O2/c22-17(23)18(7-8-18)12-21-10-5-13(6-11-21)15-4-3-14-2-1-9-19-16(14)20-15/h1-4,9,13H,5-8,10-12H2,(H,22,23). The summed E-state index contributed by atoms with van der Waals surface area (Å²) in [4.78, 5) is 22.7. The van der Waals surface area contributed by atoms with Gasteiger partial charge in [-0.1, -0.05) is 0 Å². The zero-order valence-electron chi connectivity index (χ0n) is 13.1. The van der Waals surface area contributed by atoms with Crippen LogP contribution in [0.25, 0.3) is 11.0 Å². The molecule has 120 valence electrons. The molecule has 1 saturated carbocycles. The van der Waals surface area contributed by atoms with E-state index in [4.69, 9.17) is 4.98 Å². The molecule has 4 rings (SSSR count).